The van der Waals surface area contributed by atoms with Crippen LogP contribution in [0.3, 0.4) is 0 Å². The quantitative estimate of drug-likeness (QED) is 0.133. The van der Waals surface area contributed by atoms with Crippen molar-refractivity contribution in [2.24, 2.45) is 0 Å². The Morgan fingerprint density at radius 3 is 1.20 bits per heavy atom. The molecule has 4 aromatic rings. The molecule has 0 saturated heterocycles. The Morgan fingerprint density at radius 1 is 0.556 bits per heavy atom. The molecule has 2 N–H and O–H groups in total. The van der Waals surface area contributed by atoms with Gasteiger partial charge in [0.15, 0.2) is 0 Å². The van der Waals surface area contributed by atoms with Gasteiger partial charge in [-0.25, -0.2) is 41.9 Å². The van der Waals surface area contributed by atoms with E-state index in [0.29, 0.717) is 11.1 Å². The maximum absolute atomic E-state index is 13.2. The number of allylic oxidation sites excluding steroid dienone is 8. The molecule has 0 atom stereocenters. The summed E-state index contributed by atoms with van der Waals surface area (Å²) in [6, 6.07) is 24.8. The average Bonchev–Trinajstić information content (AvgIpc) is 3.82. The monoisotopic (exact) mass is 642 g/mol. The second kappa shape index (κ2) is 20.2. The fourth-order valence-corrected chi connectivity index (χ4v) is 3.33. The number of carbonyl (C=O) groups is 2. The number of rotatable bonds is 4. The Bertz CT molecular complexity index is 1500. The molecule has 0 aliphatic heterocycles. The smallest absolute Gasteiger partial charge is 0.373 e. The molecule has 6 rings (SSSR count). The normalized spacial score (nSPS) is 11.5. The maximum Gasteiger partial charge on any atom is 4.00 e. The van der Waals surface area contributed by atoms with E-state index >= 15 is 0 Å². The molecular weight excluding hydrogens is 616 g/mol. The molecule has 224 valence electrons. The summed E-state index contributed by atoms with van der Waals surface area (Å²) in [7, 11) is 0. The molecule has 45 heavy (non-hydrogen) atoms. The second-order valence-corrected chi connectivity index (χ2v) is 8.71. The third kappa shape index (κ3) is 13.6. The SMILES string of the molecule is O=C(Nc1ccc(F)[c-]c1F)c1ccccc1.O=C(Nc1ccc(F)[c-]c1F)c1ccccc1.[C-]1=CC=CC1.[C-]1=CC=CC1.[Ti+4]. The molecule has 0 radical (unpaired) electrons. The standard InChI is InChI=1S/2C13H8F2NO.2C5H5.Ti/c2*14-10-6-7-12(11(15)8-10)16-13(17)9-4-2-1-3-5-9;2*1-2-4-5-3-1;/h2*1-7H,(H,16,17);2*1-3H,4H2;/q4*-1;+4. The van der Waals surface area contributed by atoms with Crippen molar-refractivity contribution in [1.82, 2.24) is 0 Å². The molecular formula is C36H26F4N2O2Ti. The van der Waals surface area contributed by atoms with Crippen molar-refractivity contribution in [2.45, 2.75) is 12.8 Å². The van der Waals surface area contributed by atoms with Gasteiger partial charge in [0, 0.05) is 34.4 Å². The fraction of sp³-hybridized carbons (Fsp3) is 0.0556. The molecule has 2 amide bonds. The first-order valence-electron chi connectivity index (χ1n) is 13.2. The molecule has 0 saturated carbocycles. The molecule has 0 fully saturated rings. The number of carbonyl (C=O) groups excluding carboxylic acids is 2. The van der Waals surface area contributed by atoms with Gasteiger partial charge < -0.3 is 10.6 Å². The zero-order chi connectivity index (χ0) is 31.6. The van der Waals surface area contributed by atoms with Crippen LogP contribution in [0.1, 0.15) is 33.6 Å². The van der Waals surface area contributed by atoms with Crippen molar-refractivity contribution in [3.8, 4) is 0 Å². The van der Waals surface area contributed by atoms with Gasteiger partial charge in [-0.3, -0.25) is 21.7 Å². The molecule has 0 aromatic heterocycles. The van der Waals surface area contributed by atoms with Crippen LogP contribution in [0.5, 0.6) is 0 Å². The summed E-state index contributed by atoms with van der Waals surface area (Å²) in [5.41, 5.74) is 0.605. The molecule has 4 aromatic carbocycles. The van der Waals surface area contributed by atoms with Gasteiger partial charge in [-0.2, -0.15) is 12.2 Å². The zero-order valence-electron chi connectivity index (χ0n) is 23.8. The molecule has 0 spiro atoms. The van der Waals surface area contributed by atoms with Crippen LogP contribution in [0.25, 0.3) is 0 Å². The van der Waals surface area contributed by atoms with Crippen LogP contribution >= 0.6 is 0 Å². The first kappa shape index (κ1) is 36.4. The van der Waals surface area contributed by atoms with Crippen molar-refractivity contribution < 1.29 is 48.9 Å². The molecule has 4 nitrogen and oxygen atoms in total. The minimum atomic E-state index is -0.922. The second-order valence-electron chi connectivity index (χ2n) is 8.71. The van der Waals surface area contributed by atoms with E-state index in [-0.39, 0.29) is 33.1 Å². The van der Waals surface area contributed by atoms with E-state index in [1.165, 1.54) is 0 Å². The van der Waals surface area contributed by atoms with Crippen LogP contribution in [0, 0.1) is 47.6 Å². The third-order valence-corrected chi connectivity index (χ3v) is 5.46. The predicted molar refractivity (Wildman–Crippen MR) is 162 cm³/mol. The van der Waals surface area contributed by atoms with Gasteiger partial charge in [0.2, 0.25) is 11.8 Å². The Balaban J connectivity index is 0.000000235. The number of amides is 2. The summed E-state index contributed by atoms with van der Waals surface area (Å²) < 4.78 is 51.6. The number of hydrogen-bond donors (Lipinski definition) is 2. The van der Waals surface area contributed by atoms with Gasteiger partial charge in [-0.1, -0.05) is 36.4 Å². The van der Waals surface area contributed by atoms with Gasteiger partial charge in [-0.05, 0) is 35.6 Å². The van der Waals surface area contributed by atoms with Gasteiger partial charge in [-0.15, -0.1) is 49.2 Å². The van der Waals surface area contributed by atoms with E-state index < -0.39 is 35.1 Å². The van der Waals surface area contributed by atoms with E-state index in [1.807, 2.05) is 36.4 Å². The van der Waals surface area contributed by atoms with Crippen molar-refractivity contribution >= 4 is 23.2 Å². The third-order valence-electron chi connectivity index (χ3n) is 5.46. The first-order valence-corrected chi connectivity index (χ1v) is 13.2. The van der Waals surface area contributed by atoms with Crippen molar-refractivity contribution in [2.75, 3.05) is 10.6 Å². The molecule has 0 heterocycles. The van der Waals surface area contributed by atoms with Crippen molar-refractivity contribution in [3.63, 3.8) is 0 Å². The minimum Gasteiger partial charge on any atom is -0.373 e. The van der Waals surface area contributed by atoms with E-state index in [1.54, 1.807) is 60.7 Å². The largest absolute Gasteiger partial charge is 4.00 e. The van der Waals surface area contributed by atoms with Crippen LogP contribution in [0.15, 0.2) is 121 Å². The molecule has 0 bridgehead atoms. The van der Waals surface area contributed by atoms with Crippen LogP contribution in [-0.4, -0.2) is 11.8 Å². The number of anilines is 2. The number of halogens is 4. The summed E-state index contributed by atoms with van der Waals surface area (Å²) in [5.74, 6) is -4.36. The van der Waals surface area contributed by atoms with Gasteiger partial charge >= 0.3 is 21.7 Å². The average molecular weight is 642 g/mol. The molecule has 9 heteroatoms. The summed E-state index contributed by atoms with van der Waals surface area (Å²) in [6.07, 6.45) is 20.0. The van der Waals surface area contributed by atoms with E-state index in [0.717, 1.165) is 37.1 Å². The van der Waals surface area contributed by atoms with Crippen LogP contribution in [0.4, 0.5) is 28.9 Å². The van der Waals surface area contributed by atoms with Gasteiger partial charge in [0.05, 0.1) is 0 Å². The molecule has 2 aliphatic rings. The van der Waals surface area contributed by atoms with Crippen LogP contribution < -0.4 is 10.6 Å². The van der Waals surface area contributed by atoms with Gasteiger partial charge in [0.25, 0.3) is 0 Å². The van der Waals surface area contributed by atoms with Crippen molar-refractivity contribution in [1.29, 1.82) is 0 Å². The zero-order valence-corrected chi connectivity index (χ0v) is 25.4. The predicted octanol–water partition coefficient (Wildman–Crippen LogP) is 8.64. The fourth-order valence-electron chi connectivity index (χ4n) is 3.33. The Hall–Kier alpha value is -4.79. The first-order chi connectivity index (χ1) is 21.3. The van der Waals surface area contributed by atoms with Gasteiger partial charge in [0.1, 0.15) is 0 Å². The summed E-state index contributed by atoms with van der Waals surface area (Å²) in [6.45, 7) is 0. The summed E-state index contributed by atoms with van der Waals surface area (Å²) in [4.78, 5) is 23.3. The number of nitrogens with one attached hydrogen (secondary N) is 2. The minimum absolute atomic E-state index is 0. The topological polar surface area (TPSA) is 58.2 Å². The van der Waals surface area contributed by atoms with E-state index in [4.69, 9.17) is 0 Å². The Morgan fingerprint density at radius 2 is 0.933 bits per heavy atom. The van der Waals surface area contributed by atoms with Crippen LogP contribution in [0.2, 0.25) is 0 Å². The number of hydrogen-bond acceptors (Lipinski definition) is 2. The number of benzene rings is 4. The molecule has 2 aliphatic carbocycles. The van der Waals surface area contributed by atoms with E-state index in [9.17, 15) is 27.2 Å². The van der Waals surface area contributed by atoms with E-state index in [2.05, 4.69) is 34.9 Å². The summed E-state index contributed by atoms with van der Waals surface area (Å²) in [5, 5.41) is 4.68. The Labute approximate surface area is 274 Å². The summed E-state index contributed by atoms with van der Waals surface area (Å²) >= 11 is 0. The molecule has 0 unspecified atom stereocenters. The Kier molecular flexibility index (Phi) is 16.4. The van der Waals surface area contributed by atoms with Crippen molar-refractivity contribution in [3.05, 3.63) is 180 Å². The maximum atomic E-state index is 13.2. The van der Waals surface area contributed by atoms with Crippen LogP contribution in [-0.2, 0) is 21.7 Å².